The summed E-state index contributed by atoms with van der Waals surface area (Å²) in [6.45, 7) is 6.06. The van der Waals surface area contributed by atoms with Crippen molar-refractivity contribution < 1.29 is 9.84 Å². The summed E-state index contributed by atoms with van der Waals surface area (Å²) in [6.07, 6.45) is 0.838. The molecular formula is C16H19NO2. The summed E-state index contributed by atoms with van der Waals surface area (Å²) < 4.78 is 5.89. The molecule has 0 spiro atoms. The zero-order chi connectivity index (χ0) is 13.8. The summed E-state index contributed by atoms with van der Waals surface area (Å²) in [5.74, 6) is 1.57. The van der Waals surface area contributed by atoms with Crippen molar-refractivity contribution in [3.05, 3.63) is 52.8 Å². The van der Waals surface area contributed by atoms with Gasteiger partial charge in [-0.15, -0.1) is 0 Å². The van der Waals surface area contributed by atoms with Gasteiger partial charge < -0.3 is 9.84 Å². The lowest BCUT2D eigenvalue weighted by Gasteiger charge is -2.11. The molecule has 2 aromatic rings. The van der Waals surface area contributed by atoms with Gasteiger partial charge in [-0.3, -0.25) is 4.98 Å². The largest absolute Gasteiger partial charge is 0.455 e. The minimum Gasteiger partial charge on any atom is -0.455 e. The lowest BCUT2D eigenvalue weighted by molar-refractivity contribution is 0.281. The highest BCUT2D eigenvalue weighted by atomic mass is 16.5. The predicted octanol–water partition coefficient (Wildman–Crippen LogP) is 3.55. The van der Waals surface area contributed by atoms with E-state index in [0.29, 0.717) is 0 Å². The van der Waals surface area contributed by atoms with E-state index in [9.17, 15) is 0 Å². The van der Waals surface area contributed by atoms with Crippen LogP contribution < -0.4 is 4.74 Å². The molecule has 3 heteroatoms. The van der Waals surface area contributed by atoms with Crippen molar-refractivity contribution in [2.24, 2.45) is 0 Å². The third-order valence-electron chi connectivity index (χ3n) is 3.12. The van der Waals surface area contributed by atoms with Crippen molar-refractivity contribution in [2.75, 3.05) is 0 Å². The fraction of sp³-hybridized carbons (Fsp3) is 0.312. The maximum Gasteiger partial charge on any atom is 0.148 e. The molecule has 1 aromatic carbocycles. The van der Waals surface area contributed by atoms with Crippen LogP contribution in [-0.4, -0.2) is 10.1 Å². The van der Waals surface area contributed by atoms with Crippen LogP contribution in [0.15, 0.2) is 30.3 Å². The van der Waals surface area contributed by atoms with E-state index in [4.69, 9.17) is 9.84 Å². The number of aliphatic hydroxyl groups is 1. The smallest absolute Gasteiger partial charge is 0.148 e. The highest BCUT2D eigenvalue weighted by Crippen LogP contribution is 2.26. The van der Waals surface area contributed by atoms with E-state index in [1.807, 2.05) is 44.2 Å². The fourth-order valence-corrected chi connectivity index (χ4v) is 1.98. The van der Waals surface area contributed by atoms with Crippen molar-refractivity contribution in [1.82, 2.24) is 4.98 Å². The van der Waals surface area contributed by atoms with Gasteiger partial charge in [0.05, 0.1) is 12.3 Å². The molecule has 1 aromatic heterocycles. The third-order valence-corrected chi connectivity index (χ3v) is 3.12. The zero-order valence-electron chi connectivity index (χ0n) is 11.6. The molecule has 0 amide bonds. The van der Waals surface area contributed by atoms with Gasteiger partial charge in [-0.05, 0) is 55.7 Å². The summed E-state index contributed by atoms with van der Waals surface area (Å²) in [5, 5.41) is 9.16. The molecule has 1 N–H and O–H groups in total. The van der Waals surface area contributed by atoms with Crippen LogP contribution in [0.25, 0.3) is 0 Å². The molecule has 0 aliphatic rings. The van der Waals surface area contributed by atoms with Crippen LogP contribution in [0.3, 0.4) is 0 Å². The Morgan fingerprint density at radius 2 is 1.95 bits per heavy atom. The van der Waals surface area contributed by atoms with Crippen molar-refractivity contribution in [3.8, 4) is 11.5 Å². The van der Waals surface area contributed by atoms with Gasteiger partial charge in [-0.1, -0.05) is 13.0 Å². The molecule has 0 bridgehead atoms. The molecular weight excluding hydrogens is 238 g/mol. The topological polar surface area (TPSA) is 42.4 Å². The number of benzene rings is 1. The Morgan fingerprint density at radius 1 is 1.16 bits per heavy atom. The second-order valence-corrected chi connectivity index (χ2v) is 4.60. The summed E-state index contributed by atoms with van der Waals surface area (Å²) in [7, 11) is 0. The standard InChI is InChI=1S/C16H19NO2/c1-4-15-16(8-5-12(3)17-15)19-14-7-6-13(10-18)11(2)9-14/h5-9,18H,4,10H2,1-3H3. The third kappa shape index (κ3) is 3.12. The Balaban J connectivity index is 2.28. The van der Waals surface area contributed by atoms with Gasteiger partial charge >= 0.3 is 0 Å². The van der Waals surface area contributed by atoms with Gasteiger partial charge in [0.25, 0.3) is 0 Å². The average molecular weight is 257 g/mol. The molecule has 0 aliphatic carbocycles. The van der Waals surface area contributed by atoms with Crippen molar-refractivity contribution in [3.63, 3.8) is 0 Å². The molecule has 0 radical (unpaired) electrons. The number of aryl methyl sites for hydroxylation is 3. The van der Waals surface area contributed by atoms with Gasteiger partial charge in [0.15, 0.2) is 0 Å². The average Bonchev–Trinajstić information content (AvgIpc) is 2.41. The molecule has 19 heavy (non-hydrogen) atoms. The number of rotatable bonds is 4. The van der Waals surface area contributed by atoms with Gasteiger partial charge in [0.1, 0.15) is 11.5 Å². The maximum absolute atomic E-state index is 9.16. The van der Waals surface area contributed by atoms with Crippen LogP contribution in [-0.2, 0) is 13.0 Å². The Hall–Kier alpha value is -1.87. The van der Waals surface area contributed by atoms with Crippen LogP contribution in [0.1, 0.15) is 29.4 Å². The van der Waals surface area contributed by atoms with E-state index in [1.165, 1.54) is 0 Å². The number of ether oxygens (including phenoxy) is 1. The van der Waals surface area contributed by atoms with Crippen LogP contribution in [0.5, 0.6) is 11.5 Å². The van der Waals surface area contributed by atoms with E-state index in [1.54, 1.807) is 0 Å². The molecule has 1 heterocycles. The van der Waals surface area contributed by atoms with Gasteiger partial charge in [0.2, 0.25) is 0 Å². The van der Waals surface area contributed by atoms with Crippen molar-refractivity contribution in [2.45, 2.75) is 33.8 Å². The fourth-order valence-electron chi connectivity index (χ4n) is 1.98. The summed E-state index contributed by atoms with van der Waals surface area (Å²) in [5.41, 5.74) is 3.91. The first-order chi connectivity index (χ1) is 9.13. The summed E-state index contributed by atoms with van der Waals surface area (Å²) >= 11 is 0. The van der Waals surface area contributed by atoms with E-state index in [2.05, 4.69) is 11.9 Å². The molecule has 0 saturated heterocycles. The zero-order valence-corrected chi connectivity index (χ0v) is 11.6. The van der Waals surface area contributed by atoms with E-state index in [-0.39, 0.29) is 6.61 Å². The van der Waals surface area contributed by atoms with Crippen molar-refractivity contribution >= 4 is 0 Å². The number of nitrogens with zero attached hydrogens (tertiary/aromatic N) is 1. The highest BCUT2D eigenvalue weighted by molar-refractivity contribution is 5.39. The van der Waals surface area contributed by atoms with Crippen LogP contribution in [0.4, 0.5) is 0 Å². The lowest BCUT2D eigenvalue weighted by Crippen LogP contribution is -1.96. The second kappa shape index (κ2) is 5.85. The lowest BCUT2D eigenvalue weighted by atomic mass is 10.1. The van der Waals surface area contributed by atoms with Gasteiger partial charge in [0, 0.05) is 5.69 Å². The molecule has 0 fully saturated rings. The molecule has 0 atom stereocenters. The minimum absolute atomic E-state index is 0.0540. The Kier molecular flexibility index (Phi) is 4.17. The number of pyridine rings is 1. The SMILES string of the molecule is CCc1nc(C)ccc1Oc1ccc(CO)c(C)c1. The number of aromatic nitrogens is 1. The monoisotopic (exact) mass is 257 g/mol. The van der Waals surface area contributed by atoms with Gasteiger partial charge in [-0.25, -0.2) is 0 Å². The molecule has 0 unspecified atom stereocenters. The first-order valence-corrected chi connectivity index (χ1v) is 6.48. The van der Waals surface area contributed by atoms with Crippen molar-refractivity contribution in [1.29, 1.82) is 0 Å². The molecule has 0 aliphatic heterocycles. The highest BCUT2D eigenvalue weighted by Gasteiger charge is 2.06. The van der Waals surface area contributed by atoms with E-state index >= 15 is 0 Å². The molecule has 2 rings (SSSR count). The summed E-state index contributed by atoms with van der Waals surface area (Å²) in [6, 6.07) is 9.60. The van der Waals surface area contributed by atoms with Gasteiger partial charge in [-0.2, -0.15) is 0 Å². The van der Waals surface area contributed by atoms with Crippen LogP contribution >= 0.6 is 0 Å². The Labute approximate surface area is 113 Å². The first kappa shape index (κ1) is 13.6. The normalized spacial score (nSPS) is 10.5. The maximum atomic E-state index is 9.16. The number of hydrogen-bond acceptors (Lipinski definition) is 3. The Morgan fingerprint density at radius 3 is 2.58 bits per heavy atom. The minimum atomic E-state index is 0.0540. The van der Waals surface area contributed by atoms with Crippen LogP contribution in [0.2, 0.25) is 0 Å². The molecule has 0 saturated carbocycles. The van der Waals surface area contributed by atoms with Crippen LogP contribution in [0, 0.1) is 13.8 Å². The summed E-state index contributed by atoms with van der Waals surface area (Å²) in [4.78, 5) is 4.48. The number of hydrogen-bond donors (Lipinski definition) is 1. The van der Waals surface area contributed by atoms with E-state index < -0.39 is 0 Å². The van der Waals surface area contributed by atoms with E-state index in [0.717, 1.165) is 40.4 Å². The first-order valence-electron chi connectivity index (χ1n) is 6.48. The quantitative estimate of drug-likeness (QED) is 0.910. The number of aliphatic hydroxyl groups excluding tert-OH is 1. The molecule has 100 valence electrons. The molecule has 3 nitrogen and oxygen atoms in total. The predicted molar refractivity (Wildman–Crippen MR) is 75.5 cm³/mol. The second-order valence-electron chi connectivity index (χ2n) is 4.60. The Bertz CT molecular complexity index is 579.